The fourth-order valence-electron chi connectivity index (χ4n) is 7.85. The van der Waals surface area contributed by atoms with Crippen LogP contribution in [0.15, 0.2) is 66.7 Å². The quantitative estimate of drug-likeness (QED) is 0.261. The van der Waals surface area contributed by atoms with Gasteiger partial charge < -0.3 is 33.9 Å². The maximum absolute atomic E-state index is 13.7. The maximum atomic E-state index is 13.7. The molecule has 2 aliphatic carbocycles. The molecule has 2 saturated carbocycles. The van der Waals surface area contributed by atoms with Crippen molar-refractivity contribution >= 4 is 30.0 Å². The summed E-state index contributed by atoms with van der Waals surface area (Å²) in [6, 6.07) is 17.1. The van der Waals surface area contributed by atoms with Crippen LogP contribution in [0.3, 0.4) is 0 Å². The number of benzene rings is 2. The molecule has 2 N–H and O–H groups in total. The van der Waals surface area contributed by atoms with Crippen molar-refractivity contribution in [2.75, 3.05) is 0 Å². The van der Waals surface area contributed by atoms with Gasteiger partial charge in [0.05, 0.1) is 22.7 Å². The minimum Gasteiger partial charge on any atom is -0.458 e. The smallest absolute Gasteiger partial charge is 0.338 e. The lowest BCUT2D eigenvalue weighted by Gasteiger charge is -2.66. The van der Waals surface area contributed by atoms with Crippen LogP contribution in [-0.4, -0.2) is 81.4 Å². The van der Waals surface area contributed by atoms with Crippen LogP contribution in [0.25, 0.3) is 6.08 Å². The highest BCUT2D eigenvalue weighted by Gasteiger charge is 2.86. The molecule has 3 fully saturated rings. The average molecular weight is 637 g/mol. The van der Waals surface area contributed by atoms with Crippen molar-refractivity contribution in [2.24, 2.45) is 11.3 Å². The van der Waals surface area contributed by atoms with E-state index in [4.69, 9.17) is 23.7 Å². The predicted octanol–water partition coefficient (Wildman–Crippen LogP) is 3.40. The number of ether oxygens (including phenoxy) is 5. The van der Waals surface area contributed by atoms with Crippen LogP contribution in [0.4, 0.5) is 0 Å². The lowest BCUT2D eigenvalue weighted by atomic mass is 9.46. The number of fused-ring (bicyclic) bond motifs is 1. The van der Waals surface area contributed by atoms with Crippen LogP contribution in [0.1, 0.15) is 63.9 Å². The van der Waals surface area contributed by atoms with Crippen LogP contribution in [0.2, 0.25) is 0 Å². The Labute approximate surface area is 267 Å². The van der Waals surface area contributed by atoms with E-state index in [1.54, 1.807) is 45.0 Å². The Bertz CT molecular complexity index is 1520. The average Bonchev–Trinajstić information content (AvgIpc) is 3.16. The van der Waals surface area contributed by atoms with Crippen LogP contribution >= 0.6 is 0 Å². The number of esters is 4. The van der Waals surface area contributed by atoms with Gasteiger partial charge in [-0.25, -0.2) is 9.59 Å². The number of aliphatic hydroxyl groups is 2. The van der Waals surface area contributed by atoms with Gasteiger partial charge in [-0.2, -0.15) is 0 Å². The minimum absolute atomic E-state index is 0.0395. The maximum Gasteiger partial charge on any atom is 0.338 e. The van der Waals surface area contributed by atoms with Gasteiger partial charge in [0, 0.05) is 25.8 Å². The van der Waals surface area contributed by atoms with Crippen molar-refractivity contribution < 1.29 is 53.1 Å². The zero-order valence-corrected chi connectivity index (χ0v) is 26.7. The number of hydrogen-bond acceptors (Lipinski definition) is 11. The molecule has 11 nitrogen and oxygen atoms in total. The summed E-state index contributed by atoms with van der Waals surface area (Å²) in [6.45, 7) is 8.57. The van der Waals surface area contributed by atoms with Gasteiger partial charge in [-0.05, 0) is 57.9 Å². The fraction of sp³-hybridized carbons (Fsp3) is 0.486. The Morgan fingerprint density at radius 3 is 2.00 bits per heavy atom. The summed E-state index contributed by atoms with van der Waals surface area (Å²) in [7, 11) is 0. The molecular formula is C35H40O11. The van der Waals surface area contributed by atoms with Gasteiger partial charge >= 0.3 is 23.9 Å². The van der Waals surface area contributed by atoms with E-state index >= 15 is 0 Å². The third-order valence-corrected chi connectivity index (χ3v) is 9.85. The molecular weight excluding hydrogens is 596 g/mol. The van der Waals surface area contributed by atoms with E-state index in [2.05, 4.69) is 0 Å². The first kappa shape index (κ1) is 33.3. The molecule has 0 radical (unpaired) electrons. The summed E-state index contributed by atoms with van der Waals surface area (Å²) in [6.07, 6.45) is -4.55. The second-order valence-electron chi connectivity index (χ2n) is 13.1. The Balaban J connectivity index is 1.70. The Morgan fingerprint density at radius 2 is 1.41 bits per heavy atom. The zero-order chi connectivity index (χ0) is 33.7. The van der Waals surface area contributed by atoms with Crippen LogP contribution < -0.4 is 0 Å². The van der Waals surface area contributed by atoms with Gasteiger partial charge in [0.15, 0.2) is 18.3 Å². The number of hydrogen-bond donors (Lipinski definition) is 2. The molecule has 2 aromatic rings. The molecule has 1 saturated heterocycles. The zero-order valence-electron chi connectivity index (χ0n) is 26.7. The van der Waals surface area contributed by atoms with Crippen molar-refractivity contribution in [1.82, 2.24) is 0 Å². The first-order chi connectivity index (χ1) is 21.6. The summed E-state index contributed by atoms with van der Waals surface area (Å²) in [5.41, 5.74) is -6.32. The Hall–Kier alpha value is -4.06. The summed E-state index contributed by atoms with van der Waals surface area (Å²) in [5.74, 6) is -3.90. The fourth-order valence-corrected chi connectivity index (χ4v) is 7.85. The van der Waals surface area contributed by atoms with Gasteiger partial charge in [-0.1, -0.05) is 48.5 Å². The molecule has 1 aliphatic heterocycles. The third kappa shape index (κ3) is 5.30. The van der Waals surface area contributed by atoms with E-state index in [1.165, 1.54) is 25.1 Å². The number of carbonyl (C=O) groups excluding carboxylic acids is 4. The third-order valence-electron chi connectivity index (χ3n) is 9.85. The highest BCUT2D eigenvalue weighted by atomic mass is 16.6. The van der Waals surface area contributed by atoms with E-state index in [9.17, 15) is 29.4 Å². The topological polar surface area (TPSA) is 155 Å². The second kappa shape index (κ2) is 11.9. The molecule has 2 aromatic carbocycles. The number of rotatable bonds is 7. The van der Waals surface area contributed by atoms with E-state index < -0.39 is 82.5 Å². The van der Waals surface area contributed by atoms with E-state index in [0.717, 1.165) is 19.4 Å². The first-order valence-corrected chi connectivity index (χ1v) is 15.2. The lowest BCUT2D eigenvalue weighted by molar-refractivity contribution is -0.368. The van der Waals surface area contributed by atoms with Gasteiger partial charge in [0.2, 0.25) is 0 Å². The van der Waals surface area contributed by atoms with E-state index in [0.29, 0.717) is 0 Å². The van der Waals surface area contributed by atoms with Gasteiger partial charge in [-0.3, -0.25) is 9.59 Å². The Morgan fingerprint density at radius 1 is 0.826 bits per heavy atom. The van der Waals surface area contributed by atoms with Crippen molar-refractivity contribution in [2.45, 2.75) is 95.3 Å². The molecule has 11 heteroatoms. The molecule has 2 bridgehead atoms. The van der Waals surface area contributed by atoms with Crippen molar-refractivity contribution in [1.29, 1.82) is 0 Å². The standard InChI is InChI=1S/C35H40O11/c1-20(36)42-27-29(45-31(40)23-15-11-8-12-16-23)33(5)25(44-26(38)18-17-22-13-9-7-10-14-22)19-24-28(39)35(33,46-32(24,3)4)34(6,41)30(27)43-21(2)37/h7-18,24-25,27-30,39,41H,19H2,1-6H3. The number of carbonyl (C=O) groups is 4. The predicted molar refractivity (Wildman–Crippen MR) is 163 cm³/mol. The van der Waals surface area contributed by atoms with E-state index in [1.807, 2.05) is 30.3 Å². The van der Waals surface area contributed by atoms with Crippen molar-refractivity contribution in [3.8, 4) is 0 Å². The van der Waals surface area contributed by atoms with E-state index in [-0.39, 0.29) is 12.0 Å². The SMILES string of the molecule is CC(=O)OC1C(OC(C)=O)C(C)(O)C23OC(C)(C)C(CC(OC(=O)C=Cc4ccccc4)C2(C)C1OC(=O)c1ccccc1)C3O. The highest BCUT2D eigenvalue weighted by molar-refractivity contribution is 5.89. The molecule has 5 rings (SSSR count). The molecule has 3 aliphatic rings. The summed E-state index contributed by atoms with van der Waals surface area (Å²) in [5, 5.41) is 24.6. The minimum atomic E-state index is -2.28. The lowest BCUT2D eigenvalue weighted by Crippen LogP contribution is -2.85. The second-order valence-corrected chi connectivity index (χ2v) is 13.1. The summed E-state index contributed by atoms with van der Waals surface area (Å²) < 4.78 is 30.3. The highest BCUT2D eigenvalue weighted by Crippen LogP contribution is 2.68. The molecule has 9 atom stereocenters. The number of aliphatic hydroxyl groups excluding tert-OH is 1. The van der Waals surface area contributed by atoms with Crippen molar-refractivity contribution in [3.05, 3.63) is 77.9 Å². The van der Waals surface area contributed by atoms with Crippen molar-refractivity contribution in [3.63, 3.8) is 0 Å². The monoisotopic (exact) mass is 636 g/mol. The van der Waals surface area contributed by atoms with Gasteiger partial charge in [0.1, 0.15) is 17.3 Å². The van der Waals surface area contributed by atoms with Crippen LogP contribution in [0.5, 0.6) is 0 Å². The summed E-state index contributed by atoms with van der Waals surface area (Å²) in [4.78, 5) is 52.1. The molecule has 1 heterocycles. The van der Waals surface area contributed by atoms with Gasteiger partial charge in [-0.15, -0.1) is 0 Å². The molecule has 46 heavy (non-hydrogen) atoms. The molecule has 0 aromatic heterocycles. The largest absolute Gasteiger partial charge is 0.458 e. The molecule has 9 unspecified atom stereocenters. The van der Waals surface area contributed by atoms with Crippen LogP contribution in [0, 0.1) is 11.3 Å². The molecule has 0 amide bonds. The summed E-state index contributed by atoms with van der Waals surface area (Å²) >= 11 is 0. The Kier molecular flexibility index (Phi) is 8.65. The van der Waals surface area contributed by atoms with Gasteiger partial charge in [0.25, 0.3) is 0 Å². The molecule has 246 valence electrons. The normalized spacial score (nSPS) is 35.9. The van der Waals surface area contributed by atoms with Crippen LogP contribution in [-0.2, 0) is 38.1 Å². The molecule has 1 spiro atoms. The first-order valence-electron chi connectivity index (χ1n) is 15.2.